The Hall–Kier alpha value is -0.790. The van der Waals surface area contributed by atoms with Gasteiger partial charge in [-0.25, -0.2) is 0 Å². The van der Waals surface area contributed by atoms with Crippen molar-refractivity contribution in [1.82, 2.24) is 15.4 Å². The van der Waals surface area contributed by atoms with E-state index in [1.807, 2.05) is 20.0 Å². The lowest BCUT2D eigenvalue weighted by atomic mass is 10.2. The number of aromatic nitrogens is 1. The quantitative estimate of drug-likeness (QED) is 0.497. The fourth-order valence-electron chi connectivity index (χ4n) is 1.93. The zero-order chi connectivity index (χ0) is 13.2. The van der Waals surface area contributed by atoms with E-state index in [1.54, 1.807) is 6.26 Å². The molecule has 6 heteroatoms. The van der Waals surface area contributed by atoms with Crippen molar-refractivity contribution in [1.29, 1.82) is 0 Å². The van der Waals surface area contributed by atoms with Crippen molar-refractivity contribution >= 4 is 29.9 Å². The second-order valence-electron chi connectivity index (χ2n) is 5.53. The molecule has 0 aliphatic heterocycles. The van der Waals surface area contributed by atoms with Crippen molar-refractivity contribution in [2.24, 2.45) is 10.4 Å². The van der Waals surface area contributed by atoms with Gasteiger partial charge in [0.25, 0.3) is 0 Å². The summed E-state index contributed by atoms with van der Waals surface area (Å²) >= 11 is 0. The number of nitrogens with zero attached hydrogens (tertiary/aromatic N) is 3. The summed E-state index contributed by atoms with van der Waals surface area (Å²) in [5, 5.41) is 7.43. The van der Waals surface area contributed by atoms with E-state index < -0.39 is 0 Å². The third kappa shape index (κ3) is 4.36. The van der Waals surface area contributed by atoms with Gasteiger partial charge in [0.05, 0.1) is 6.54 Å². The number of rotatable bonds is 4. The van der Waals surface area contributed by atoms with Crippen LogP contribution >= 0.6 is 24.0 Å². The van der Waals surface area contributed by atoms with Crippen molar-refractivity contribution in [2.45, 2.75) is 39.8 Å². The lowest BCUT2D eigenvalue weighted by Crippen LogP contribution is -2.41. The zero-order valence-electron chi connectivity index (χ0n) is 12.0. The standard InChI is InChI=1S/C13H22N4O.HI/c1-5-14-12(15-11-8-13(11,2)3)17(4)9-10-6-7-18-16-10;/h6-7,11H,5,8-9H2,1-4H3,(H,14,15);1H. The second-order valence-corrected chi connectivity index (χ2v) is 5.53. The van der Waals surface area contributed by atoms with Crippen LogP contribution in [0, 0.1) is 5.41 Å². The minimum absolute atomic E-state index is 0. The first-order valence-corrected chi connectivity index (χ1v) is 6.44. The first-order chi connectivity index (χ1) is 8.53. The number of halogens is 1. The number of hydrogen-bond donors (Lipinski definition) is 1. The van der Waals surface area contributed by atoms with Crippen LogP contribution < -0.4 is 5.32 Å². The fraction of sp³-hybridized carbons (Fsp3) is 0.692. The van der Waals surface area contributed by atoms with E-state index in [4.69, 9.17) is 4.52 Å². The number of guanidine groups is 1. The van der Waals surface area contributed by atoms with Gasteiger partial charge in [0.1, 0.15) is 12.0 Å². The number of nitrogens with one attached hydrogen (secondary N) is 1. The molecule has 0 bridgehead atoms. The lowest BCUT2D eigenvalue weighted by molar-refractivity contribution is 0.390. The minimum Gasteiger partial charge on any atom is -0.364 e. The molecule has 0 spiro atoms. The van der Waals surface area contributed by atoms with Gasteiger partial charge in [0.15, 0.2) is 5.96 Å². The highest BCUT2D eigenvalue weighted by Crippen LogP contribution is 2.44. The Labute approximate surface area is 131 Å². The third-order valence-electron chi connectivity index (χ3n) is 3.38. The first kappa shape index (κ1) is 16.3. The van der Waals surface area contributed by atoms with Gasteiger partial charge in [-0.05, 0) is 18.8 Å². The van der Waals surface area contributed by atoms with Gasteiger partial charge in [-0.1, -0.05) is 19.0 Å². The van der Waals surface area contributed by atoms with E-state index in [2.05, 4.69) is 34.2 Å². The van der Waals surface area contributed by atoms with Gasteiger partial charge in [0, 0.05) is 25.7 Å². The van der Waals surface area contributed by atoms with Crippen LogP contribution in [-0.2, 0) is 6.54 Å². The predicted octanol–water partition coefficient (Wildman–Crippen LogP) is 2.49. The molecule has 5 nitrogen and oxygen atoms in total. The summed E-state index contributed by atoms with van der Waals surface area (Å²) in [6, 6.07) is 2.41. The van der Waals surface area contributed by atoms with Crippen molar-refractivity contribution < 1.29 is 4.52 Å². The molecule has 1 aliphatic rings. The lowest BCUT2D eigenvalue weighted by Gasteiger charge is -2.22. The van der Waals surface area contributed by atoms with E-state index in [0.717, 1.165) is 18.2 Å². The molecule has 1 N–H and O–H groups in total. The van der Waals surface area contributed by atoms with E-state index >= 15 is 0 Å². The van der Waals surface area contributed by atoms with E-state index in [1.165, 1.54) is 6.42 Å². The zero-order valence-corrected chi connectivity index (χ0v) is 14.3. The maximum absolute atomic E-state index is 4.84. The van der Waals surface area contributed by atoms with Gasteiger partial charge >= 0.3 is 0 Å². The smallest absolute Gasteiger partial charge is 0.194 e. The summed E-state index contributed by atoms with van der Waals surface area (Å²) in [5.41, 5.74) is 1.31. The van der Waals surface area contributed by atoms with Crippen LogP contribution in [0.4, 0.5) is 0 Å². The molecule has 108 valence electrons. The van der Waals surface area contributed by atoms with Gasteiger partial charge in [0.2, 0.25) is 0 Å². The maximum Gasteiger partial charge on any atom is 0.194 e. The van der Waals surface area contributed by atoms with E-state index in [9.17, 15) is 0 Å². The minimum atomic E-state index is 0. The Morgan fingerprint density at radius 3 is 2.79 bits per heavy atom. The van der Waals surface area contributed by atoms with Crippen molar-refractivity contribution in [3.63, 3.8) is 0 Å². The maximum atomic E-state index is 4.84. The molecule has 1 fully saturated rings. The Morgan fingerprint density at radius 2 is 2.32 bits per heavy atom. The molecule has 0 radical (unpaired) electrons. The van der Waals surface area contributed by atoms with Crippen molar-refractivity contribution in [3.8, 4) is 0 Å². The normalized spacial score (nSPS) is 20.6. The summed E-state index contributed by atoms with van der Waals surface area (Å²) in [4.78, 5) is 6.60. The number of aliphatic imine (C=N–C) groups is 1. The molecule has 2 rings (SSSR count). The molecule has 1 aromatic heterocycles. The summed E-state index contributed by atoms with van der Waals surface area (Å²) in [7, 11) is 2.02. The summed E-state index contributed by atoms with van der Waals surface area (Å²) in [6.07, 6.45) is 2.80. The Balaban J connectivity index is 0.00000180. The largest absolute Gasteiger partial charge is 0.364 e. The molecule has 1 unspecified atom stereocenters. The molecule has 1 aromatic rings. The molecule has 0 saturated heterocycles. The van der Waals surface area contributed by atoms with Crippen LogP contribution in [0.1, 0.15) is 32.9 Å². The van der Waals surface area contributed by atoms with Crippen LogP contribution in [0.25, 0.3) is 0 Å². The van der Waals surface area contributed by atoms with Crippen LogP contribution in [0.5, 0.6) is 0 Å². The molecule has 1 aliphatic carbocycles. The van der Waals surface area contributed by atoms with Crippen LogP contribution in [0.15, 0.2) is 21.8 Å². The van der Waals surface area contributed by atoms with Crippen LogP contribution in [0.2, 0.25) is 0 Å². The second kappa shape index (κ2) is 6.58. The number of hydrogen-bond acceptors (Lipinski definition) is 3. The van der Waals surface area contributed by atoms with E-state index in [-0.39, 0.29) is 24.0 Å². The SMILES string of the molecule is CCN=C(NC1CC1(C)C)N(C)Cc1ccon1.I. The topological polar surface area (TPSA) is 53.7 Å². The third-order valence-corrected chi connectivity index (χ3v) is 3.38. The van der Waals surface area contributed by atoms with Gasteiger partial charge in [-0.2, -0.15) is 0 Å². The molecule has 0 amide bonds. The molecule has 1 heterocycles. The molecule has 1 atom stereocenters. The van der Waals surface area contributed by atoms with Crippen LogP contribution in [-0.4, -0.2) is 35.7 Å². The molecule has 0 aromatic carbocycles. The average molecular weight is 378 g/mol. The Bertz CT molecular complexity index is 416. The van der Waals surface area contributed by atoms with Crippen molar-refractivity contribution in [2.75, 3.05) is 13.6 Å². The van der Waals surface area contributed by atoms with Gasteiger partial charge < -0.3 is 14.7 Å². The fourth-order valence-corrected chi connectivity index (χ4v) is 1.93. The summed E-state index contributed by atoms with van der Waals surface area (Å²) < 4.78 is 4.84. The highest BCUT2D eigenvalue weighted by Gasteiger charge is 2.46. The summed E-state index contributed by atoms with van der Waals surface area (Å²) in [6.45, 7) is 8.06. The molecule has 1 saturated carbocycles. The highest BCUT2D eigenvalue weighted by atomic mass is 127. The van der Waals surface area contributed by atoms with Gasteiger partial charge in [-0.15, -0.1) is 24.0 Å². The molecule has 19 heavy (non-hydrogen) atoms. The van der Waals surface area contributed by atoms with Crippen LogP contribution in [0.3, 0.4) is 0 Å². The average Bonchev–Trinajstić information content (AvgIpc) is 2.73. The monoisotopic (exact) mass is 378 g/mol. The van der Waals surface area contributed by atoms with Gasteiger partial charge in [-0.3, -0.25) is 4.99 Å². The Kier molecular flexibility index (Phi) is 5.64. The molecular weight excluding hydrogens is 355 g/mol. The predicted molar refractivity (Wildman–Crippen MR) is 86.7 cm³/mol. The summed E-state index contributed by atoms with van der Waals surface area (Å²) in [5.74, 6) is 0.941. The highest BCUT2D eigenvalue weighted by molar-refractivity contribution is 14.0. The van der Waals surface area contributed by atoms with Crippen molar-refractivity contribution in [3.05, 3.63) is 18.0 Å². The van der Waals surface area contributed by atoms with E-state index in [0.29, 0.717) is 18.0 Å². The molecular formula is C13H23IN4O. The Morgan fingerprint density at radius 1 is 1.63 bits per heavy atom. The first-order valence-electron chi connectivity index (χ1n) is 6.44.